The second kappa shape index (κ2) is 5.39. The molecule has 0 bridgehead atoms. The van der Waals surface area contributed by atoms with Gasteiger partial charge in [0, 0.05) is 0 Å². The molecule has 0 radical (unpaired) electrons. The Morgan fingerprint density at radius 3 is 2.29 bits per heavy atom. The first kappa shape index (κ1) is 12.2. The Kier molecular flexibility index (Phi) is 4.71. The first-order chi connectivity index (χ1) is 6.70. The molecule has 0 N–H and O–H groups in total. The van der Waals surface area contributed by atoms with Gasteiger partial charge in [0.1, 0.15) is 0 Å². The van der Waals surface area contributed by atoms with Crippen LogP contribution < -0.4 is 0 Å². The van der Waals surface area contributed by atoms with Crippen molar-refractivity contribution in [2.75, 3.05) is 13.1 Å². The molecule has 2 heterocycles. The number of rotatable bonds is 1. The van der Waals surface area contributed by atoms with Gasteiger partial charge in [0.2, 0.25) is 0 Å². The normalized spacial score (nSPS) is 27.9. The molecule has 2 rings (SSSR count). The van der Waals surface area contributed by atoms with Crippen molar-refractivity contribution in [2.24, 2.45) is 0 Å². The zero-order valence-electron chi connectivity index (χ0n) is 8.21. The summed E-state index contributed by atoms with van der Waals surface area (Å²) < 4.78 is 4.30. The Morgan fingerprint density at radius 2 is 1.71 bits per heavy atom. The van der Waals surface area contributed by atoms with Crippen molar-refractivity contribution >= 4 is 57.1 Å². The molecule has 0 spiro atoms. The van der Waals surface area contributed by atoms with Gasteiger partial charge in [-0.05, 0) is 0 Å². The van der Waals surface area contributed by atoms with E-state index >= 15 is 0 Å². The fourth-order valence-corrected chi connectivity index (χ4v) is 25.8. The number of hydrogen-bond acceptors (Lipinski definition) is 2. The fourth-order valence-electron chi connectivity index (χ4n) is 1.90. The summed E-state index contributed by atoms with van der Waals surface area (Å²) in [5.74, 6) is 0. The van der Waals surface area contributed by atoms with E-state index in [0.717, 1.165) is 0 Å². The van der Waals surface area contributed by atoms with E-state index in [9.17, 15) is 0 Å². The van der Waals surface area contributed by atoms with Crippen molar-refractivity contribution in [1.29, 1.82) is 0 Å². The predicted molar refractivity (Wildman–Crippen MR) is 79.6 cm³/mol. The van der Waals surface area contributed by atoms with E-state index in [1.54, 1.807) is 0 Å². The predicted octanol–water partition coefficient (Wildman–Crippen LogP) is 3.77. The van der Waals surface area contributed by atoms with Crippen molar-refractivity contribution in [2.45, 2.75) is 34.6 Å². The second-order valence-electron chi connectivity index (χ2n) is 3.88. The third-order valence-corrected chi connectivity index (χ3v) is 25.7. The Balaban J connectivity index is 1.86. The molecule has 2 aliphatic rings. The van der Waals surface area contributed by atoms with Crippen LogP contribution in [0.2, 0.25) is 8.94 Å². The molecule has 0 aromatic heterocycles. The van der Waals surface area contributed by atoms with Gasteiger partial charge in [-0.3, -0.25) is 0 Å². The fraction of sp³-hybridized carbons (Fsp3) is 0.889. The standard InChI is InChI=1S/C9H16INS2Te/c10-14(7-3-4-8-14)13-9(12)11-5-1-2-6-11/h1-8H2. The molecule has 0 amide bonds. The summed E-state index contributed by atoms with van der Waals surface area (Å²) in [7, 11) is 2.14. The van der Waals surface area contributed by atoms with E-state index in [0.29, 0.717) is 0 Å². The van der Waals surface area contributed by atoms with Gasteiger partial charge in [-0.1, -0.05) is 0 Å². The average Bonchev–Trinajstić information content (AvgIpc) is 2.74. The van der Waals surface area contributed by atoms with Crippen LogP contribution in [0.25, 0.3) is 0 Å². The topological polar surface area (TPSA) is 3.24 Å². The first-order valence-corrected chi connectivity index (χ1v) is 19.3. The van der Waals surface area contributed by atoms with Crippen LogP contribution in [-0.2, 0) is 0 Å². The third-order valence-electron chi connectivity index (χ3n) is 2.73. The van der Waals surface area contributed by atoms with E-state index in [2.05, 4.69) is 32.6 Å². The van der Waals surface area contributed by atoms with Crippen LogP contribution in [0.5, 0.6) is 0 Å². The summed E-state index contributed by atoms with van der Waals surface area (Å²) in [6.07, 6.45) is 5.64. The minimum atomic E-state index is -1.54. The van der Waals surface area contributed by atoms with Crippen LogP contribution in [0, 0.1) is 0 Å². The summed E-state index contributed by atoms with van der Waals surface area (Å²) in [6.45, 7) is 2.45. The van der Waals surface area contributed by atoms with Crippen molar-refractivity contribution in [3.8, 4) is 0 Å². The molecule has 0 unspecified atom stereocenters. The van der Waals surface area contributed by atoms with E-state index in [4.69, 9.17) is 12.2 Å². The summed E-state index contributed by atoms with van der Waals surface area (Å²) in [5.41, 5.74) is 0. The number of hydrogen-bond donors (Lipinski definition) is 0. The van der Waals surface area contributed by atoms with E-state index in [1.165, 1.54) is 52.0 Å². The van der Waals surface area contributed by atoms with Gasteiger partial charge in [0.15, 0.2) is 0 Å². The number of thiocarbonyl (C=S) groups is 1. The first-order valence-electron chi connectivity index (χ1n) is 5.16. The molecular weight excluding hydrogens is 441 g/mol. The Labute approximate surface area is 108 Å². The maximum atomic E-state index is 5.55. The molecule has 2 aliphatic heterocycles. The van der Waals surface area contributed by atoms with Crippen LogP contribution in [0.4, 0.5) is 0 Å². The van der Waals surface area contributed by atoms with Crippen molar-refractivity contribution in [3.05, 3.63) is 0 Å². The van der Waals surface area contributed by atoms with Crippen molar-refractivity contribution in [3.63, 3.8) is 0 Å². The second-order valence-corrected chi connectivity index (χ2v) is 32.6. The average molecular weight is 457 g/mol. The molecule has 2 saturated heterocycles. The molecule has 82 valence electrons. The van der Waals surface area contributed by atoms with Gasteiger partial charge >= 0.3 is 110 Å². The molecule has 0 saturated carbocycles. The van der Waals surface area contributed by atoms with Crippen molar-refractivity contribution < 1.29 is 0 Å². The molecule has 0 aromatic rings. The number of halogens is 1. The van der Waals surface area contributed by atoms with Crippen LogP contribution >= 0.6 is 39.9 Å². The summed E-state index contributed by atoms with van der Waals surface area (Å²) >= 11 is 6.82. The maximum absolute atomic E-state index is 5.55. The van der Waals surface area contributed by atoms with E-state index < -0.39 is 12.9 Å². The summed E-state index contributed by atoms with van der Waals surface area (Å²) in [5, 5.41) is 0. The molecule has 0 aromatic carbocycles. The molecular formula is C9H16INS2Te. The van der Waals surface area contributed by atoms with E-state index in [1.807, 2.05) is 0 Å². The summed E-state index contributed by atoms with van der Waals surface area (Å²) in [4.78, 5) is 2.44. The Bertz CT molecular complexity index is 225. The quantitative estimate of drug-likeness (QED) is 0.336. The zero-order valence-corrected chi connectivity index (χ0v) is 14.3. The van der Waals surface area contributed by atoms with Gasteiger partial charge in [-0.2, -0.15) is 0 Å². The van der Waals surface area contributed by atoms with Crippen LogP contribution in [-0.4, -0.2) is 35.2 Å². The van der Waals surface area contributed by atoms with Gasteiger partial charge < -0.3 is 0 Å². The summed E-state index contributed by atoms with van der Waals surface area (Å²) in [6, 6.07) is 0. The minimum absolute atomic E-state index is 1.22. The van der Waals surface area contributed by atoms with Gasteiger partial charge in [-0.25, -0.2) is 0 Å². The molecule has 1 nitrogen and oxygen atoms in total. The van der Waals surface area contributed by atoms with Crippen LogP contribution in [0.15, 0.2) is 0 Å². The van der Waals surface area contributed by atoms with Crippen LogP contribution in [0.3, 0.4) is 0 Å². The van der Waals surface area contributed by atoms with Crippen LogP contribution in [0.1, 0.15) is 25.7 Å². The monoisotopic (exact) mass is 459 g/mol. The zero-order chi connectivity index (χ0) is 10.0. The van der Waals surface area contributed by atoms with Gasteiger partial charge in [0.05, 0.1) is 0 Å². The van der Waals surface area contributed by atoms with Gasteiger partial charge in [-0.15, -0.1) is 0 Å². The molecule has 0 aliphatic carbocycles. The third kappa shape index (κ3) is 3.13. The molecule has 2 fully saturated rings. The van der Waals surface area contributed by atoms with Crippen molar-refractivity contribution in [1.82, 2.24) is 4.90 Å². The Morgan fingerprint density at radius 1 is 1.14 bits per heavy atom. The number of likely N-dealkylation sites (tertiary alicyclic amines) is 1. The molecule has 14 heavy (non-hydrogen) atoms. The van der Waals surface area contributed by atoms with E-state index in [-0.39, 0.29) is 0 Å². The molecule has 0 atom stereocenters. The Hall–Kier alpha value is 1.76. The molecule has 5 heteroatoms. The van der Waals surface area contributed by atoms with Gasteiger partial charge in [0.25, 0.3) is 0 Å². The number of nitrogens with zero attached hydrogens (tertiary/aromatic N) is 1. The SMILES string of the molecule is S=C(S[Te]1(I)CCCC1)N1CCCC1.